The molecule has 3 heteroatoms. The van der Waals surface area contributed by atoms with Gasteiger partial charge in [0.2, 0.25) is 0 Å². The van der Waals surface area contributed by atoms with Crippen molar-refractivity contribution in [1.29, 1.82) is 0 Å². The van der Waals surface area contributed by atoms with E-state index in [9.17, 15) is 0 Å². The minimum Gasteiger partial charge on any atom is -0.311 e. The Kier molecular flexibility index (Phi) is 5.67. The van der Waals surface area contributed by atoms with Crippen molar-refractivity contribution >= 4 is 0 Å². The molecule has 0 spiro atoms. The maximum atomic E-state index is 3.97. The largest absolute Gasteiger partial charge is 0.311 e. The summed E-state index contributed by atoms with van der Waals surface area (Å²) in [4.78, 5) is 5.11. The minimum absolute atomic E-state index is 0.709. The van der Waals surface area contributed by atoms with Crippen LogP contribution in [-0.4, -0.2) is 61.2 Å². The lowest BCUT2D eigenvalue weighted by molar-refractivity contribution is 0.162. The topological polar surface area (TPSA) is 18.5 Å². The predicted molar refractivity (Wildman–Crippen MR) is 82.5 cm³/mol. The maximum absolute atomic E-state index is 3.97. The van der Waals surface area contributed by atoms with E-state index in [-0.39, 0.29) is 0 Å². The van der Waals surface area contributed by atoms with Gasteiger partial charge in [0.05, 0.1) is 0 Å². The smallest absolute Gasteiger partial charge is 0.0120 e. The Morgan fingerprint density at radius 1 is 1.05 bits per heavy atom. The van der Waals surface area contributed by atoms with E-state index < -0.39 is 0 Å². The number of hydrogen-bond acceptors (Lipinski definition) is 3. The molecule has 112 valence electrons. The Labute approximate surface area is 119 Å². The van der Waals surface area contributed by atoms with Gasteiger partial charge in [-0.05, 0) is 72.1 Å². The van der Waals surface area contributed by atoms with Crippen LogP contribution in [0.1, 0.15) is 46.5 Å². The number of hydrogen-bond donors (Lipinski definition) is 1. The van der Waals surface area contributed by atoms with Gasteiger partial charge in [0.15, 0.2) is 0 Å². The van der Waals surface area contributed by atoms with Gasteiger partial charge in [0.1, 0.15) is 0 Å². The van der Waals surface area contributed by atoms with Gasteiger partial charge in [-0.1, -0.05) is 6.92 Å². The zero-order valence-corrected chi connectivity index (χ0v) is 13.4. The Bertz CT molecular complexity index is 267. The summed E-state index contributed by atoms with van der Waals surface area (Å²) in [5, 5.41) is 3.97. The highest BCUT2D eigenvalue weighted by atomic mass is 15.2. The van der Waals surface area contributed by atoms with Crippen molar-refractivity contribution in [2.24, 2.45) is 5.92 Å². The molecule has 3 atom stereocenters. The summed E-state index contributed by atoms with van der Waals surface area (Å²) in [7, 11) is 2.25. The van der Waals surface area contributed by atoms with Crippen LogP contribution in [0.25, 0.3) is 0 Å². The van der Waals surface area contributed by atoms with E-state index in [1.807, 2.05) is 0 Å². The van der Waals surface area contributed by atoms with E-state index >= 15 is 0 Å². The van der Waals surface area contributed by atoms with Crippen LogP contribution >= 0.6 is 0 Å². The van der Waals surface area contributed by atoms with E-state index in [4.69, 9.17) is 0 Å². The fraction of sp³-hybridized carbons (Fsp3) is 1.00. The van der Waals surface area contributed by atoms with E-state index in [1.54, 1.807) is 0 Å². The molecule has 1 N–H and O–H groups in total. The van der Waals surface area contributed by atoms with Gasteiger partial charge in [-0.2, -0.15) is 0 Å². The SMILES string of the molecule is CC1CN(C)CCC1NC1CCCN(C(C)C)CC1. The highest BCUT2D eigenvalue weighted by Gasteiger charge is 2.27. The molecular weight excluding hydrogens is 234 g/mol. The summed E-state index contributed by atoms with van der Waals surface area (Å²) >= 11 is 0. The molecule has 2 aliphatic rings. The Morgan fingerprint density at radius 3 is 2.53 bits per heavy atom. The van der Waals surface area contributed by atoms with Crippen molar-refractivity contribution in [3.8, 4) is 0 Å². The van der Waals surface area contributed by atoms with Gasteiger partial charge < -0.3 is 15.1 Å². The lowest BCUT2D eigenvalue weighted by Crippen LogP contribution is -2.50. The molecule has 0 saturated carbocycles. The molecule has 2 aliphatic heterocycles. The predicted octanol–water partition coefficient (Wildman–Crippen LogP) is 2.18. The Hall–Kier alpha value is -0.120. The summed E-state index contributed by atoms with van der Waals surface area (Å²) < 4.78 is 0. The summed E-state index contributed by atoms with van der Waals surface area (Å²) in [5.74, 6) is 0.795. The zero-order valence-electron chi connectivity index (χ0n) is 13.4. The fourth-order valence-corrected chi connectivity index (χ4v) is 3.71. The average Bonchev–Trinajstić information content (AvgIpc) is 2.58. The van der Waals surface area contributed by atoms with Crippen molar-refractivity contribution in [2.75, 3.05) is 33.2 Å². The van der Waals surface area contributed by atoms with E-state index in [0.717, 1.165) is 18.0 Å². The zero-order chi connectivity index (χ0) is 13.8. The highest BCUT2D eigenvalue weighted by Crippen LogP contribution is 2.19. The average molecular weight is 267 g/mol. The molecule has 0 aromatic carbocycles. The lowest BCUT2D eigenvalue weighted by Gasteiger charge is -2.37. The molecule has 0 amide bonds. The quantitative estimate of drug-likeness (QED) is 0.845. The molecule has 0 aromatic rings. The van der Waals surface area contributed by atoms with Crippen LogP contribution in [0, 0.1) is 5.92 Å². The Morgan fingerprint density at radius 2 is 1.84 bits per heavy atom. The standard InChI is InChI=1S/C16H33N3/c1-13(2)19-9-5-6-15(7-11-19)17-16-8-10-18(4)12-14(16)3/h13-17H,5-12H2,1-4H3. The van der Waals surface area contributed by atoms with Crippen molar-refractivity contribution < 1.29 is 0 Å². The maximum Gasteiger partial charge on any atom is 0.0120 e. The van der Waals surface area contributed by atoms with Crippen LogP contribution in [0.15, 0.2) is 0 Å². The Balaban J connectivity index is 1.79. The molecule has 2 fully saturated rings. The van der Waals surface area contributed by atoms with Gasteiger partial charge in [-0.15, -0.1) is 0 Å². The molecule has 3 unspecified atom stereocenters. The van der Waals surface area contributed by atoms with Crippen LogP contribution in [-0.2, 0) is 0 Å². The molecule has 0 bridgehead atoms. The van der Waals surface area contributed by atoms with Gasteiger partial charge >= 0.3 is 0 Å². The number of nitrogens with one attached hydrogen (secondary N) is 1. The van der Waals surface area contributed by atoms with Gasteiger partial charge in [-0.3, -0.25) is 0 Å². The van der Waals surface area contributed by atoms with Gasteiger partial charge in [0, 0.05) is 24.7 Å². The van der Waals surface area contributed by atoms with E-state index in [2.05, 4.69) is 42.9 Å². The number of likely N-dealkylation sites (tertiary alicyclic amines) is 2. The normalized spacial score (nSPS) is 35.5. The molecule has 3 nitrogen and oxygen atoms in total. The number of nitrogens with zero attached hydrogens (tertiary/aromatic N) is 2. The number of piperidine rings is 1. The summed E-state index contributed by atoms with van der Waals surface area (Å²) in [6, 6.07) is 2.20. The monoisotopic (exact) mass is 267 g/mol. The molecule has 0 aromatic heterocycles. The van der Waals surface area contributed by atoms with Crippen LogP contribution in [0.3, 0.4) is 0 Å². The minimum atomic E-state index is 0.709. The van der Waals surface area contributed by atoms with Crippen molar-refractivity contribution in [3.05, 3.63) is 0 Å². The second kappa shape index (κ2) is 7.05. The van der Waals surface area contributed by atoms with Crippen LogP contribution in [0.2, 0.25) is 0 Å². The molecule has 19 heavy (non-hydrogen) atoms. The van der Waals surface area contributed by atoms with E-state index in [0.29, 0.717) is 6.04 Å². The second-order valence-corrected chi connectivity index (χ2v) is 7.06. The summed E-state index contributed by atoms with van der Waals surface area (Å²) in [6.45, 7) is 12.1. The third-order valence-electron chi connectivity index (χ3n) is 5.05. The van der Waals surface area contributed by atoms with Gasteiger partial charge in [-0.25, -0.2) is 0 Å². The first-order chi connectivity index (χ1) is 9.06. The van der Waals surface area contributed by atoms with Crippen molar-refractivity contribution in [3.63, 3.8) is 0 Å². The first-order valence-corrected chi connectivity index (χ1v) is 8.25. The first kappa shape index (κ1) is 15.3. The highest BCUT2D eigenvalue weighted by molar-refractivity contribution is 4.86. The van der Waals surface area contributed by atoms with Crippen LogP contribution in [0.5, 0.6) is 0 Å². The molecule has 2 rings (SSSR count). The van der Waals surface area contributed by atoms with Gasteiger partial charge in [0.25, 0.3) is 0 Å². The molecular formula is C16H33N3. The molecule has 2 heterocycles. The summed E-state index contributed by atoms with van der Waals surface area (Å²) in [6.07, 6.45) is 5.37. The van der Waals surface area contributed by atoms with Crippen LogP contribution < -0.4 is 5.32 Å². The molecule has 0 aliphatic carbocycles. The van der Waals surface area contributed by atoms with Crippen molar-refractivity contribution in [1.82, 2.24) is 15.1 Å². The summed E-state index contributed by atoms with van der Waals surface area (Å²) in [5.41, 5.74) is 0. The van der Waals surface area contributed by atoms with E-state index in [1.165, 1.54) is 51.9 Å². The second-order valence-electron chi connectivity index (χ2n) is 7.06. The molecule has 0 radical (unpaired) electrons. The van der Waals surface area contributed by atoms with Crippen LogP contribution in [0.4, 0.5) is 0 Å². The lowest BCUT2D eigenvalue weighted by atomic mass is 9.92. The third-order valence-corrected chi connectivity index (χ3v) is 5.05. The first-order valence-electron chi connectivity index (χ1n) is 8.25. The number of rotatable bonds is 3. The third kappa shape index (κ3) is 4.44. The fourth-order valence-electron chi connectivity index (χ4n) is 3.71. The molecule has 2 saturated heterocycles. The van der Waals surface area contributed by atoms with Crippen molar-refractivity contribution in [2.45, 2.75) is 64.6 Å².